The summed E-state index contributed by atoms with van der Waals surface area (Å²) in [7, 11) is -3.88. The van der Waals surface area contributed by atoms with Crippen LogP contribution in [0.15, 0.2) is 83.8 Å². The summed E-state index contributed by atoms with van der Waals surface area (Å²) >= 11 is 0. The van der Waals surface area contributed by atoms with Crippen LogP contribution in [-0.2, 0) is 26.0 Å². The minimum atomic E-state index is -3.88. The SMILES string of the molecule is CCc1ccc(NC(=O)COC(c2ccccc2)c2ccccc2)cc1S(N)(=O)=O. The molecule has 30 heavy (non-hydrogen) atoms. The van der Waals surface area contributed by atoms with Crippen molar-refractivity contribution in [3.8, 4) is 0 Å². The van der Waals surface area contributed by atoms with Crippen molar-refractivity contribution >= 4 is 21.6 Å². The highest BCUT2D eigenvalue weighted by Gasteiger charge is 2.18. The zero-order valence-electron chi connectivity index (χ0n) is 16.6. The Hall–Kier alpha value is -3.00. The molecule has 0 saturated carbocycles. The second kappa shape index (κ2) is 9.67. The molecule has 0 aliphatic heterocycles. The summed E-state index contributed by atoms with van der Waals surface area (Å²) in [6, 6.07) is 23.9. The molecule has 0 aliphatic rings. The molecule has 0 atom stereocenters. The van der Waals surface area contributed by atoms with E-state index in [1.807, 2.05) is 67.6 Å². The van der Waals surface area contributed by atoms with Crippen LogP contribution in [0, 0.1) is 0 Å². The molecule has 7 heteroatoms. The Bertz CT molecular complexity index is 1060. The van der Waals surface area contributed by atoms with Gasteiger partial charge in [-0.05, 0) is 35.2 Å². The minimum absolute atomic E-state index is 0.00941. The Morgan fingerprint density at radius 3 is 2.03 bits per heavy atom. The molecule has 3 aromatic carbocycles. The summed E-state index contributed by atoms with van der Waals surface area (Å²) in [6.07, 6.45) is 0.111. The monoisotopic (exact) mass is 424 g/mol. The maximum atomic E-state index is 12.5. The number of ether oxygens (including phenoxy) is 1. The molecule has 3 N–H and O–H groups in total. The summed E-state index contributed by atoms with van der Waals surface area (Å²) in [5, 5.41) is 7.97. The third kappa shape index (κ3) is 5.54. The van der Waals surface area contributed by atoms with Crippen LogP contribution in [0.3, 0.4) is 0 Å². The largest absolute Gasteiger partial charge is 0.359 e. The first-order chi connectivity index (χ1) is 14.4. The molecule has 0 radical (unpaired) electrons. The number of benzene rings is 3. The number of nitrogens with one attached hydrogen (secondary N) is 1. The second-order valence-corrected chi connectivity index (χ2v) is 8.31. The van der Waals surface area contributed by atoms with Crippen LogP contribution < -0.4 is 10.5 Å². The van der Waals surface area contributed by atoms with E-state index in [-0.39, 0.29) is 11.5 Å². The van der Waals surface area contributed by atoms with E-state index in [9.17, 15) is 13.2 Å². The molecule has 0 spiro atoms. The lowest BCUT2D eigenvalue weighted by atomic mass is 10.0. The van der Waals surface area contributed by atoms with Gasteiger partial charge in [-0.25, -0.2) is 13.6 Å². The molecule has 0 fully saturated rings. The maximum absolute atomic E-state index is 12.5. The number of hydrogen-bond donors (Lipinski definition) is 2. The lowest BCUT2D eigenvalue weighted by Gasteiger charge is -2.19. The molecule has 3 rings (SSSR count). The van der Waals surface area contributed by atoms with E-state index in [0.29, 0.717) is 17.7 Å². The van der Waals surface area contributed by atoms with E-state index in [1.165, 1.54) is 6.07 Å². The van der Waals surface area contributed by atoms with E-state index in [1.54, 1.807) is 12.1 Å². The second-order valence-electron chi connectivity index (χ2n) is 6.78. The van der Waals surface area contributed by atoms with Gasteiger partial charge in [0.05, 0.1) is 4.90 Å². The van der Waals surface area contributed by atoms with Crippen molar-refractivity contribution in [2.45, 2.75) is 24.3 Å². The Morgan fingerprint density at radius 1 is 0.967 bits per heavy atom. The van der Waals surface area contributed by atoms with Crippen LogP contribution in [0.1, 0.15) is 29.7 Å². The number of rotatable bonds is 8. The predicted molar refractivity (Wildman–Crippen MR) is 117 cm³/mol. The fraction of sp³-hybridized carbons (Fsp3) is 0.174. The van der Waals surface area contributed by atoms with Gasteiger partial charge in [0.2, 0.25) is 15.9 Å². The lowest BCUT2D eigenvalue weighted by Crippen LogP contribution is -2.21. The smallest absolute Gasteiger partial charge is 0.250 e. The first-order valence-corrected chi connectivity index (χ1v) is 11.1. The molecule has 0 saturated heterocycles. The fourth-order valence-electron chi connectivity index (χ4n) is 3.19. The Morgan fingerprint density at radius 2 is 1.53 bits per heavy atom. The zero-order valence-corrected chi connectivity index (χ0v) is 17.4. The van der Waals surface area contributed by atoms with E-state index in [0.717, 1.165) is 11.1 Å². The van der Waals surface area contributed by atoms with E-state index in [4.69, 9.17) is 9.88 Å². The van der Waals surface area contributed by atoms with E-state index in [2.05, 4.69) is 5.32 Å². The average molecular weight is 425 g/mol. The normalized spacial score (nSPS) is 11.4. The third-order valence-electron chi connectivity index (χ3n) is 4.62. The van der Waals surface area contributed by atoms with Crippen molar-refractivity contribution in [3.05, 3.63) is 95.6 Å². The van der Waals surface area contributed by atoms with Crippen molar-refractivity contribution in [1.29, 1.82) is 0 Å². The third-order valence-corrected chi connectivity index (χ3v) is 5.62. The average Bonchev–Trinajstić information content (AvgIpc) is 2.75. The topological polar surface area (TPSA) is 98.5 Å². The van der Waals surface area contributed by atoms with Gasteiger partial charge in [-0.1, -0.05) is 73.7 Å². The van der Waals surface area contributed by atoms with Gasteiger partial charge in [-0.2, -0.15) is 0 Å². The quantitative estimate of drug-likeness (QED) is 0.577. The summed E-state index contributed by atoms with van der Waals surface area (Å²) in [5.74, 6) is -0.392. The molecule has 1 amide bonds. The number of sulfonamides is 1. The van der Waals surface area contributed by atoms with Crippen molar-refractivity contribution in [3.63, 3.8) is 0 Å². The van der Waals surface area contributed by atoms with Crippen LogP contribution in [0.2, 0.25) is 0 Å². The maximum Gasteiger partial charge on any atom is 0.250 e. The van der Waals surface area contributed by atoms with E-state index >= 15 is 0 Å². The van der Waals surface area contributed by atoms with Crippen LogP contribution in [0.5, 0.6) is 0 Å². The molecule has 0 bridgehead atoms. The Balaban J connectivity index is 1.74. The number of nitrogens with two attached hydrogens (primary N) is 1. The van der Waals surface area contributed by atoms with Crippen molar-refractivity contribution in [2.75, 3.05) is 11.9 Å². The van der Waals surface area contributed by atoms with Gasteiger partial charge in [-0.15, -0.1) is 0 Å². The van der Waals surface area contributed by atoms with Gasteiger partial charge in [0.25, 0.3) is 0 Å². The van der Waals surface area contributed by atoms with Gasteiger partial charge in [0.15, 0.2) is 0 Å². The van der Waals surface area contributed by atoms with Gasteiger partial charge in [0.1, 0.15) is 12.7 Å². The molecule has 156 valence electrons. The first-order valence-electron chi connectivity index (χ1n) is 9.55. The van der Waals surface area contributed by atoms with Gasteiger partial charge in [-0.3, -0.25) is 4.79 Å². The number of primary sulfonamides is 1. The first kappa shape index (κ1) is 21.7. The Kier molecular flexibility index (Phi) is 6.99. The number of carbonyl (C=O) groups is 1. The fourth-order valence-corrected chi connectivity index (χ4v) is 4.05. The number of anilines is 1. The summed E-state index contributed by atoms with van der Waals surface area (Å²) in [6.45, 7) is 1.64. The molecule has 0 unspecified atom stereocenters. The van der Waals surface area contributed by atoms with Gasteiger partial charge >= 0.3 is 0 Å². The zero-order chi connectivity index (χ0) is 21.6. The van der Waals surface area contributed by atoms with Gasteiger partial charge < -0.3 is 10.1 Å². The standard InChI is InChI=1S/C23H24N2O4S/c1-2-17-13-14-20(15-21(17)30(24,27)28)25-22(26)16-29-23(18-9-5-3-6-10-18)19-11-7-4-8-12-19/h3-15,23H,2,16H2,1H3,(H,25,26)(H2,24,27,28). The van der Waals surface area contributed by atoms with Crippen molar-refractivity contribution in [1.82, 2.24) is 0 Å². The highest BCUT2D eigenvalue weighted by molar-refractivity contribution is 7.89. The van der Waals surface area contributed by atoms with Gasteiger partial charge in [0, 0.05) is 5.69 Å². The molecule has 6 nitrogen and oxygen atoms in total. The highest BCUT2D eigenvalue weighted by atomic mass is 32.2. The number of amides is 1. The molecule has 0 aromatic heterocycles. The summed E-state index contributed by atoms with van der Waals surface area (Å²) < 4.78 is 29.6. The predicted octanol–water partition coefficient (Wildman–Crippen LogP) is 3.64. The van der Waals surface area contributed by atoms with Crippen LogP contribution >= 0.6 is 0 Å². The molecule has 0 aliphatic carbocycles. The number of hydrogen-bond acceptors (Lipinski definition) is 4. The summed E-state index contributed by atoms with van der Waals surface area (Å²) in [5.41, 5.74) is 2.81. The molecular formula is C23H24N2O4S. The Labute approximate surface area is 176 Å². The van der Waals surface area contributed by atoms with E-state index < -0.39 is 22.0 Å². The molecule has 3 aromatic rings. The van der Waals surface area contributed by atoms with Crippen molar-refractivity contribution < 1.29 is 17.9 Å². The molecule has 0 heterocycles. The minimum Gasteiger partial charge on any atom is -0.359 e. The lowest BCUT2D eigenvalue weighted by molar-refractivity contribution is -0.121. The van der Waals surface area contributed by atoms with Crippen LogP contribution in [0.25, 0.3) is 0 Å². The number of carbonyl (C=O) groups excluding carboxylic acids is 1. The summed E-state index contributed by atoms with van der Waals surface area (Å²) in [4.78, 5) is 12.5. The molecular weight excluding hydrogens is 400 g/mol. The highest BCUT2D eigenvalue weighted by Crippen LogP contribution is 2.26. The number of aryl methyl sites for hydroxylation is 1. The van der Waals surface area contributed by atoms with Crippen LogP contribution in [0.4, 0.5) is 5.69 Å². The van der Waals surface area contributed by atoms with Crippen molar-refractivity contribution in [2.24, 2.45) is 5.14 Å². The van der Waals surface area contributed by atoms with Crippen LogP contribution in [-0.4, -0.2) is 20.9 Å².